The number of hydrogen-bond donors (Lipinski definition) is 1. The van der Waals surface area contributed by atoms with Crippen LogP contribution in [0.5, 0.6) is 0 Å². The summed E-state index contributed by atoms with van der Waals surface area (Å²) in [6, 6.07) is 2.46. The number of halogens is 3. The molecule has 7 heteroatoms. The van der Waals surface area contributed by atoms with E-state index in [1.54, 1.807) is 0 Å². The molecule has 0 aliphatic carbocycles. The zero-order chi connectivity index (χ0) is 12.6. The van der Waals surface area contributed by atoms with Gasteiger partial charge >= 0.3 is 5.97 Å². The van der Waals surface area contributed by atoms with Crippen LogP contribution >= 0.6 is 15.9 Å². The topological polar surface area (TPSA) is 63.3 Å². The van der Waals surface area contributed by atoms with Gasteiger partial charge in [0.05, 0.1) is 10.0 Å². The summed E-state index contributed by atoms with van der Waals surface area (Å²) in [6.07, 6.45) is 0.859. The second-order valence-corrected chi connectivity index (χ2v) is 3.91. The Morgan fingerprint density at radius 3 is 2.71 bits per heavy atom. The Morgan fingerprint density at radius 1 is 1.35 bits per heavy atom. The number of hydrogen-bond acceptors (Lipinski definition) is 3. The van der Waals surface area contributed by atoms with E-state index in [9.17, 15) is 13.6 Å². The summed E-state index contributed by atoms with van der Waals surface area (Å²) >= 11 is 2.81. The number of carboxylic acid groups (broad SMARTS) is 1. The van der Waals surface area contributed by atoms with Gasteiger partial charge in [-0.05, 0) is 28.1 Å². The molecule has 0 atom stereocenters. The number of carbonyl (C=O) groups is 1. The highest BCUT2D eigenvalue weighted by Crippen LogP contribution is 2.30. The fourth-order valence-electron chi connectivity index (χ4n) is 1.29. The molecule has 0 saturated heterocycles. The van der Waals surface area contributed by atoms with Crippen LogP contribution in [0.2, 0.25) is 0 Å². The first-order valence-corrected chi connectivity index (χ1v) is 5.12. The summed E-state index contributed by atoms with van der Waals surface area (Å²) in [6.45, 7) is 0. The van der Waals surface area contributed by atoms with Gasteiger partial charge in [0.2, 0.25) is 0 Å². The Bertz CT molecular complexity index is 597. The van der Waals surface area contributed by atoms with E-state index in [1.165, 1.54) is 12.1 Å². The minimum absolute atomic E-state index is 0.0601. The first kappa shape index (κ1) is 11.7. The van der Waals surface area contributed by atoms with Crippen LogP contribution in [-0.4, -0.2) is 16.1 Å². The van der Waals surface area contributed by atoms with Crippen molar-refractivity contribution >= 4 is 21.9 Å². The average Bonchev–Trinajstić information content (AvgIpc) is 2.75. The summed E-state index contributed by atoms with van der Waals surface area (Å²) < 4.78 is 31.6. The van der Waals surface area contributed by atoms with E-state index in [0.717, 1.165) is 6.39 Å². The van der Waals surface area contributed by atoms with Gasteiger partial charge in [0.15, 0.2) is 29.5 Å². The smallest absolute Gasteiger partial charge is 0.358 e. The van der Waals surface area contributed by atoms with Crippen molar-refractivity contribution in [3.8, 4) is 11.3 Å². The Morgan fingerprint density at radius 2 is 2.06 bits per heavy atom. The van der Waals surface area contributed by atoms with E-state index < -0.39 is 23.3 Å². The van der Waals surface area contributed by atoms with Gasteiger partial charge in [-0.3, -0.25) is 0 Å². The lowest BCUT2D eigenvalue weighted by Gasteiger charge is -2.02. The largest absolute Gasteiger partial charge is 0.476 e. The van der Waals surface area contributed by atoms with Crippen molar-refractivity contribution in [2.24, 2.45) is 0 Å². The third kappa shape index (κ3) is 1.93. The Hall–Kier alpha value is -1.76. The summed E-state index contributed by atoms with van der Waals surface area (Å²) in [5, 5.41) is 8.78. The fraction of sp³-hybridized carbons (Fsp3) is 0. The molecule has 0 aliphatic heterocycles. The maximum atomic E-state index is 13.6. The van der Waals surface area contributed by atoms with Crippen molar-refractivity contribution in [3.05, 3.63) is 40.3 Å². The van der Waals surface area contributed by atoms with Crippen molar-refractivity contribution in [1.29, 1.82) is 0 Å². The Balaban J connectivity index is 2.65. The SMILES string of the molecule is O=C(O)c1ncoc1-c1ccc(Br)c(F)c1F. The van der Waals surface area contributed by atoms with E-state index >= 15 is 0 Å². The van der Waals surface area contributed by atoms with Gasteiger partial charge in [0, 0.05) is 0 Å². The summed E-state index contributed by atoms with van der Waals surface area (Å²) in [4.78, 5) is 14.2. The maximum Gasteiger partial charge on any atom is 0.358 e. The van der Waals surface area contributed by atoms with Crippen LogP contribution in [0.3, 0.4) is 0 Å². The molecule has 0 aliphatic rings. The van der Waals surface area contributed by atoms with Crippen LogP contribution in [0.1, 0.15) is 10.5 Å². The lowest BCUT2D eigenvalue weighted by molar-refractivity contribution is 0.0691. The van der Waals surface area contributed by atoms with Crippen molar-refractivity contribution in [2.75, 3.05) is 0 Å². The van der Waals surface area contributed by atoms with Crippen LogP contribution in [0, 0.1) is 11.6 Å². The highest BCUT2D eigenvalue weighted by molar-refractivity contribution is 9.10. The number of rotatable bonds is 2. The molecule has 1 heterocycles. The number of nitrogens with zero attached hydrogens (tertiary/aromatic N) is 1. The second kappa shape index (κ2) is 4.25. The molecule has 0 radical (unpaired) electrons. The standard InChI is InChI=1S/C10H4BrF2NO3/c11-5-2-1-4(6(12)7(5)13)9-8(10(15)16)14-3-17-9/h1-3H,(H,15,16). The van der Waals surface area contributed by atoms with Gasteiger partial charge < -0.3 is 9.52 Å². The molecule has 0 fully saturated rings. The van der Waals surface area contributed by atoms with E-state index in [0.29, 0.717) is 0 Å². The van der Waals surface area contributed by atoms with Gasteiger partial charge in [0.25, 0.3) is 0 Å². The zero-order valence-electron chi connectivity index (χ0n) is 8.08. The van der Waals surface area contributed by atoms with Crippen LogP contribution in [0.4, 0.5) is 8.78 Å². The molecule has 0 unspecified atom stereocenters. The molecule has 2 rings (SSSR count). The molecule has 0 amide bonds. The van der Waals surface area contributed by atoms with Gasteiger partial charge in [-0.2, -0.15) is 0 Å². The molecule has 4 nitrogen and oxygen atoms in total. The highest BCUT2D eigenvalue weighted by atomic mass is 79.9. The average molecular weight is 304 g/mol. The molecule has 0 bridgehead atoms. The minimum Gasteiger partial charge on any atom is -0.476 e. The summed E-state index contributed by atoms with van der Waals surface area (Å²) in [5.74, 6) is -4.01. The maximum absolute atomic E-state index is 13.6. The predicted molar refractivity (Wildman–Crippen MR) is 56.5 cm³/mol. The number of carboxylic acids is 1. The molecule has 1 N–H and O–H groups in total. The molecular formula is C10H4BrF2NO3. The number of aromatic carboxylic acids is 1. The number of benzene rings is 1. The molecule has 88 valence electrons. The molecule has 17 heavy (non-hydrogen) atoms. The molecule has 0 saturated carbocycles. The van der Waals surface area contributed by atoms with Crippen LogP contribution in [-0.2, 0) is 0 Å². The molecule has 2 aromatic rings. The van der Waals surface area contributed by atoms with Gasteiger partial charge in [-0.25, -0.2) is 18.6 Å². The van der Waals surface area contributed by atoms with Crippen molar-refractivity contribution in [1.82, 2.24) is 4.98 Å². The van der Waals surface area contributed by atoms with Crippen molar-refractivity contribution < 1.29 is 23.1 Å². The Labute approximate surface area is 102 Å². The van der Waals surface area contributed by atoms with Gasteiger partial charge in [-0.1, -0.05) is 0 Å². The van der Waals surface area contributed by atoms with E-state index in [4.69, 9.17) is 9.52 Å². The molecule has 1 aromatic heterocycles. The molecule has 0 spiro atoms. The molecular weight excluding hydrogens is 300 g/mol. The predicted octanol–water partition coefficient (Wildman–Crippen LogP) is 3.08. The lowest BCUT2D eigenvalue weighted by Crippen LogP contribution is -2.00. The summed E-state index contributed by atoms with van der Waals surface area (Å²) in [7, 11) is 0. The van der Waals surface area contributed by atoms with Crippen LogP contribution in [0.25, 0.3) is 11.3 Å². The monoisotopic (exact) mass is 303 g/mol. The first-order chi connectivity index (χ1) is 8.02. The van der Waals surface area contributed by atoms with Crippen molar-refractivity contribution in [2.45, 2.75) is 0 Å². The lowest BCUT2D eigenvalue weighted by atomic mass is 10.1. The molecule has 1 aromatic carbocycles. The van der Waals surface area contributed by atoms with Gasteiger partial charge in [-0.15, -0.1) is 0 Å². The van der Waals surface area contributed by atoms with E-state index in [-0.39, 0.29) is 15.8 Å². The van der Waals surface area contributed by atoms with Crippen molar-refractivity contribution in [3.63, 3.8) is 0 Å². The van der Waals surface area contributed by atoms with Crippen LogP contribution < -0.4 is 0 Å². The zero-order valence-corrected chi connectivity index (χ0v) is 9.66. The highest BCUT2D eigenvalue weighted by Gasteiger charge is 2.22. The van der Waals surface area contributed by atoms with E-state index in [1.807, 2.05) is 0 Å². The first-order valence-electron chi connectivity index (χ1n) is 4.33. The Kier molecular flexibility index (Phi) is 2.93. The second-order valence-electron chi connectivity index (χ2n) is 3.06. The summed E-state index contributed by atoms with van der Waals surface area (Å²) in [5.41, 5.74) is -0.758. The minimum atomic E-state index is -1.38. The quantitative estimate of drug-likeness (QED) is 0.866. The third-order valence-corrected chi connectivity index (χ3v) is 2.66. The van der Waals surface area contributed by atoms with Gasteiger partial charge in [0.1, 0.15) is 0 Å². The normalized spacial score (nSPS) is 10.5. The third-order valence-electron chi connectivity index (χ3n) is 2.05. The fourth-order valence-corrected chi connectivity index (χ4v) is 1.60. The number of oxazole rings is 1. The van der Waals surface area contributed by atoms with E-state index in [2.05, 4.69) is 20.9 Å². The van der Waals surface area contributed by atoms with Crippen LogP contribution in [0.15, 0.2) is 27.4 Å². The number of aromatic nitrogens is 1.